The van der Waals surface area contributed by atoms with Crippen LogP contribution in [-0.4, -0.2) is 39.8 Å². The highest BCUT2D eigenvalue weighted by Crippen LogP contribution is 2.33. The highest BCUT2D eigenvalue weighted by Gasteiger charge is 2.31. The van der Waals surface area contributed by atoms with Gasteiger partial charge >= 0.3 is 6.09 Å². The number of hydrogen-bond donors (Lipinski definition) is 2. The van der Waals surface area contributed by atoms with Crippen LogP contribution in [0.15, 0.2) is 60.8 Å². The summed E-state index contributed by atoms with van der Waals surface area (Å²) in [6, 6.07) is 17.0. The second-order valence-electron chi connectivity index (χ2n) is 8.66. The number of nitriles is 1. The highest BCUT2D eigenvalue weighted by atomic mass is 19.1. The molecule has 36 heavy (non-hydrogen) atoms. The number of anilines is 2. The number of carbonyl (C=O) groups excluding carboxylic acids is 2. The Morgan fingerprint density at radius 2 is 1.86 bits per heavy atom. The molecule has 0 unspecified atom stereocenters. The molecule has 9 nitrogen and oxygen atoms in total. The van der Waals surface area contributed by atoms with E-state index in [1.54, 1.807) is 9.58 Å². The molecule has 3 aromatic rings. The summed E-state index contributed by atoms with van der Waals surface area (Å²) < 4.78 is 20.3. The van der Waals surface area contributed by atoms with E-state index < -0.39 is 5.91 Å². The topological polar surface area (TPSA) is 126 Å². The molecular weight excluding hydrogens is 463 g/mol. The molecule has 1 saturated heterocycles. The summed E-state index contributed by atoms with van der Waals surface area (Å²) in [5, 5.41) is 17.0. The number of primary amides is 1. The third-order valence-corrected chi connectivity index (χ3v) is 6.29. The van der Waals surface area contributed by atoms with Crippen LogP contribution in [-0.2, 0) is 11.3 Å². The van der Waals surface area contributed by atoms with E-state index in [0.717, 1.165) is 5.56 Å². The van der Waals surface area contributed by atoms with Crippen molar-refractivity contribution in [1.29, 1.82) is 5.26 Å². The highest BCUT2D eigenvalue weighted by molar-refractivity contribution is 5.98. The lowest BCUT2D eigenvalue weighted by molar-refractivity contribution is 0.0755. The number of nitrogens with two attached hydrogens (primary N) is 1. The second-order valence-corrected chi connectivity index (χ2v) is 8.66. The SMILES string of the molecule is N#CC[C@@H](C1CCN(C(=O)OCc2ccccc2)CC1)n1cc(C(N)=O)c(Nc2ccc(F)cc2)n1. The Morgan fingerprint density at radius 3 is 2.50 bits per heavy atom. The fourth-order valence-electron chi connectivity index (χ4n) is 4.35. The van der Waals surface area contributed by atoms with Crippen LogP contribution in [0.25, 0.3) is 0 Å². The molecule has 2 aromatic carbocycles. The summed E-state index contributed by atoms with van der Waals surface area (Å²) >= 11 is 0. The second kappa shape index (κ2) is 11.4. The van der Waals surface area contributed by atoms with Crippen LogP contribution in [0.5, 0.6) is 0 Å². The number of carbonyl (C=O) groups is 2. The summed E-state index contributed by atoms with van der Waals surface area (Å²) in [6.45, 7) is 1.19. The Kier molecular flexibility index (Phi) is 7.80. The normalized spacial score (nSPS) is 14.6. The summed E-state index contributed by atoms with van der Waals surface area (Å²) in [5.41, 5.74) is 7.20. The van der Waals surface area contributed by atoms with Crippen molar-refractivity contribution in [2.45, 2.75) is 31.9 Å². The fourth-order valence-corrected chi connectivity index (χ4v) is 4.35. The minimum Gasteiger partial charge on any atom is -0.445 e. The van der Waals surface area contributed by atoms with Gasteiger partial charge in [0, 0.05) is 25.0 Å². The maximum absolute atomic E-state index is 13.2. The van der Waals surface area contributed by atoms with Crippen molar-refractivity contribution in [2.75, 3.05) is 18.4 Å². The largest absolute Gasteiger partial charge is 0.445 e. The van der Waals surface area contributed by atoms with Gasteiger partial charge in [0.05, 0.1) is 18.5 Å². The van der Waals surface area contributed by atoms with E-state index in [0.29, 0.717) is 31.6 Å². The molecule has 2 heterocycles. The number of amides is 2. The Labute approximate surface area is 208 Å². The number of aromatic nitrogens is 2. The number of halogens is 1. The maximum Gasteiger partial charge on any atom is 0.410 e. The van der Waals surface area contributed by atoms with Gasteiger partial charge in [0.2, 0.25) is 0 Å². The van der Waals surface area contributed by atoms with Gasteiger partial charge in [0.25, 0.3) is 5.91 Å². The fraction of sp³-hybridized carbons (Fsp3) is 0.308. The predicted octanol–water partition coefficient (Wildman–Crippen LogP) is 4.37. The Morgan fingerprint density at radius 1 is 1.17 bits per heavy atom. The van der Waals surface area contributed by atoms with Crippen molar-refractivity contribution in [2.24, 2.45) is 11.7 Å². The van der Waals surface area contributed by atoms with Gasteiger partial charge in [-0.25, -0.2) is 9.18 Å². The summed E-state index contributed by atoms with van der Waals surface area (Å²) in [5.74, 6) is -0.760. The number of likely N-dealkylation sites (tertiary alicyclic amines) is 1. The van der Waals surface area contributed by atoms with Crippen molar-refractivity contribution in [1.82, 2.24) is 14.7 Å². The van der Waals surface area contributed by atoms with E-state index in [4.69, 9.17) is 10.5 Å². The first kappa shape index (κ1) is 24.7. The molecule has 0 saturated carbocycles. The predicted molar refractivity (Wildman–Crippen MR) is 131 cm³/mol. The minimum absolute atomic E-state index is 0.0575. The van der Waals surface area contributed by atoms with Crippen LogP contribution in [0.1, 0.15) is 41.2 Å². The van der Waals surface area contributed by atoms with Gasteiger partial charge in [-0.05, 0) is 48.6 Å². The van der Waals surface area contributed by atoms with E-state index in [9.17, 15) is 19.2 Å². The molecule has 1 aliphatic heterocycles. The Bertz CT molecular complexity index is 1230. The Hall–Kier alpha value is -4.39. The smallest absolute Gasteiger partial charge is 0.410 e. The van der Waals surface area contributed by atoms with Crippen LogP contribution >= 0.6 is 0 Å². The number of nitrogens with zero attached hydrogens (tertiary/aromatic N) is 4. The van der Waals surface area contributed by atoms with Gasteiger partial charge in [0.1, 0.15) is 18.0 Å². The van der Waals surface area contributed by atoms with Crippen LogP contribution in [0.3, 0.4) is 0 Å². The van der Waals surface area contributed by atoms with Crippen LogP contribution in [0.4, 0.5) is 20.7 Å². The van der Waals surface area contributed by atoms with Crippen LogP contribution in [0.2, 0.25) is 0 Å². The molecule has 0 spiro atoms. The molecule has 0 aliphatic carbocycles. The third-order valence-electron chi connectivity index (χ3n) is 6.29. The van der Waals surface area contributed by atoms with Crippen molar-refractivity contribution >= 4 is 23.5 Å². The van der Waals surface area contributed by atoms with E-state index in [-0.39, 0.29) is 48.3 Å². The van der Waals surface area contributed by atoms with Crippen LogP contribution in [0, 0.1) is 23.1 Å². The Balaban J connectivity index is 1.42. The van der Waals surface area contributed by atoms with E-state index in [2.05, 4.69) is 16.5 Å². The van der Waals surface area contributed by atoms with Gasteiger partial charge in [0.15, 0.2) is 5.82 Å². The molecule has 1 aromatic heterocycles. The number of nitrogens with one attached hydrogen (secondary N) is 1. The maximum atomic E-state index is 13.2. The average molecular weight is 491 g/mol. The number of rotatable bonds is 8. The molecule has 2 amide bonds. The molecule has 0 radical (unpaired) electrons. The summed E-state index contributed by atoms with van der Waals surface area (Å²) in [7, 11) is 0. The van der Waals surface area contributed by atoms with Crippen molar-refractivity contribution in [3.8, 4) is 6.07 Å². The van der Waals surface area contributed by atoms with Crippen molar-refractivity contribution in [3.05, 3.63) is 77.7 Å². The standard InChI is InChI=1S/C26H27FN6O3/c27-20-6-8-21(9-7-20)30-25-22(24(29)34)16-33(31-25)23(10-13-28)19-11-14-32(15-12-19)26(35)36-17-18-4-2-1-3-5-18/h1-9,16,19,23H,10-12,14-15,17H2,(H2,29,34)(H,30,31)/t23-/m0/s1. The van der Waals surface area contributed by atoms with Gasteiger partial charge in [-0.15, -0.1) is 0 Å². The molecule has 1 fully saturated rings. The zero-order valence-electron chi connectivity index (χ0n) is 19.6. The van der Waals surface area contributed by atoms with E-state index >= 15 is 0 Å². The van der Waals surface area contributed by atoms with Crippen molar-refractivity contribution in [3.63, 3.8) is 0 Å². The quantitative estimate of drug-likeness (QED) is 0.483. The summed E-state index contributed by atoms with van der Waals surface area (Å²) in [6.07, 6.45) is 2.66. The number of piperidine rings is 1. The number of ether oxygens (including phenoxy) is 1. The molecule has 186 valence electrons. The van der Waals surface area contributed by atoms with Gasteiger partial charge < -0.3 is 20.7 Å². The number of hydrogen-bond acceptors (Lipinski definition) is 6. The molecule has 10 heteroatoms. The molecule has 3 N–H and O–H groups in total. The van der Waals surface area contributed by atoms with Crippen LogP contribution < -0.4 is 11.1 Å². The van der Waals surface area contributed by atoms with Crippen molar-refractivity contribution < 1.29 is 18.7 Å². The van der Waals surface area contributed by atoms with E-state index in [1.807, 2.05) is 30.3 Å². The summed E-state index contributed by atoms with van der Waals surface area (Å²) in [4.78, 5) is 26.2. The van der Waals surface area contributed by atoms with Gasteiger partial charge in [-0.1, -0.05) is 30.3 Å². The first-order chi connectivity index (χ1) is 17.4. The molecule has 4 rings (SSSR count). The third kappa shape index (κ3) is 5.99. The first-order valence-corrected chi connectivity index (χ1v) is 11.7. The first-order valence-electron chi connectivity index (χ1n) is 11.7. The van der Waals surface area contributed by atoms with E-state index in [1.165, 1.54) is 30.5 Å². The molecular formula is C26H27FN6O3. The lowest BCUT2D eigenvalue weighted by Gasteiger charge is -2.34. The lowest BCUT2D eigenvalue weighted by atomic mass is 9.88. The minimum atomic E-state index is -0.669. The molecule has 1 aliphatic rings. The molecule has 1 atom stereocenters. The zero-order valence-corrected chi connectivity index (χ0v) is 19.6. The lowest BCUT2D eigenvalue weighted by Crippen LogP contribution is -2.40. The average Bonchev–Trinajstić information content (AvgIpc) is 3.31. The monoisotopic (exact) mass is 490 g/mol. The zero-order chi connectivity index (χ0) is 25.5. The van der Waals surface area contributed by atoms with Gasteiger partial charge in [-0.2, -0.15) is 10.4 Å². The molecule has 0 bridgehead atoms. The van der Waals surface area contributed by atoms with Gasteiger partial charge in [-0.3, -0.25) is 9.48 Å². The number of benzene rings is 2.